The van der Waals surface area contributed by atoms with Gasteiger partial charge >= 0.3 is 0 Å². The van der Waals surface area contributed by atoms with E-state index in [0.717, 1.165) is 21.5 Å². The number of amides is 2. The van der Waals surface area contributed by atoms with Crippen LogP contribution in [0.5, 0.6) is 0 Å². The van der Waals surface area contributed by atoms with Crippen molar-refractivity contribution >= 4 is 73.2 Å². The van der Waals surface area contributed by atoms with E-state index in [1.807, 2.05) is 46.1 Å². The van der Waals surface area contributed by atoms with Crippen molar-refractivity contribution in [2.45, 2.75) is 59.6 Å². The number of benzene rings is 4. The number of rotatable bonds is 9. The molecular weight excluding hydrogens is 710 g/mol. The standard InChI is InChI=1S/C31H34ClN5O4.C9H10N2S/c1-18-10-12-21(19(2)16-18)26(38)14-15-27(39)33-20-11-13-22(32)24(17-20)34-30(41)28(29(40)31(3,4)5)37-25-9-7-6-8-23(25)35-36-37;1-10-9-11(2)7-5-3-4-6-8(7)12-9/h6-13,16-17,26,28,38H,14-15H2,1-5H3,(H,33,39)(H,34,41);3-6H,1-2H3. The Labute approximate surface area is 317 Å². The van der Waals surface area contributed by atoms with E-state index >= 15 is 0 Å². The number of aliphatic hydroxyl groups excluding tert-OH is 1. The van der Waals surface area contributed by atoms with Gasteiger partial charge in [0.1, 0.15) is 5.52 Å². The molecule has 0 aliphatic carbocycles. The Morgan fingerprint density at radius 1 is 0.943 bits per heavy atom. The van der Waals surface area contributed by atoms with Crippen LogP contribution >= 0.6 is 22.9 Å². The first-order chi connectivity index (χ1) is 25.2. The lowest BCUT2D eigenvalue weighted by atomic mass is 9.86. The molecule has 2 heterocycles. The Kier molecular flexibility index (Phi) is 12.3. The lowest BCUT2D eigenvalue weighted by Gasteiger charge is -2.24. The highest BCUT2D eigenvalue weighted by molar-refractivity contribution is 7.16. The van der Waals surface area contributed by atoms with Crippen LogP contribution in [0.1, 0.15) is 62.4 Å². The molecular formula is C40H44ClN7O4S. The topological polar surface area (TPSA) is 144 Å². The number of nitrogens with zero attached hydrogens (tertiary/aromatic N) is 5. The van der Waals surface area contributed by atoms with Crippen LogP contribution in [0.25, 0.3) is 21.3 Å². The number of hydrogen-bond donors (Lipinski definition) is 3. The van der Waals surface area contributed by atoms with Crippen molar-refractivity contribution in [3.63, 3.8) is 0 Å². The number of fused-ring (bicyclic) bond motifs is 2. The maximum atomic E-state index is 13.6. The van der Waals surface area contributed by atoms with Gasteiger partial charge in [0.25, 0.3) is 5.91 Å². The largest absolute Gasteiger partial charge is 0.388 e. The van der Waals surface area contributed by atoms with E-state index in [1.54, 1.807) is 68.5 Å². The van der Waals surface area contributed by atoms with Gasteiger partial charge in [-0.2, -0.15) is 0 Å². The number of aryl methyl sites for hydroxylation is 3. The third-order valence-corrected chi connectivity index (χ3v) is 10.2. The number of carbonyl (C=O) groups is 3. The molecule has 6 rings (SSSR count). The minimum atomic E-state index is -1.30. The van der Waals surface area contributed by atoms with Gasteiger partial charge in [-0.3, -0.25) is 19.4 Å². The number of carbonyl (C=O) groups excluding carboxylic acids is 3. The van der Waals surface area contributed by atoms with Crippen LogP contribution in [-0.2, 0) is 21.4 Å². The second-order valence-corrected chi connectivity index (χ2v) is 15.2. The lowest BCUT2D eigenvalue weighted by Crippen LogP contribution is -2.39. The maximum absolute atomic E-state index is 13.6. The molecule has 0 spiro atoms. The second-order valence-electron chi connectivity index (χ2n) is 13.8. The van der Waals surface area contributed by atoms with E-state index in [9.17, 15) is 19.5 Å². The summed E-state index contributed by atoms with van der Waals surface area (Å²) in [5.74, 6) is -1.29. The number of anilines is 2. The third kappa shape index (κ3) is 9.26. The molecule has 0 radical (unpaired) electrons. The summed E-state index contributed by atoms with van der Waals surface area (Å²) in [6.07, 6.45) is -0.443. The van der Waals surface area contributed by atoms with Gasteiger partial charge in [0.05, 0.1) is 32.5 Å². The summed E-state index contributed by atoms with van der Waals surface area (Å²) >= 11 is 8.11. The predicted octanol–water partition coefficient (Wildman–Crippen LogP) is 7.72. The number of halogens is 1. The smallest absolute Gasteiger partial charge is 0.257 e. The number of aromatic nitrogens is 4. The molecule has 0 aliphatic rings. The van der Waals surface area contributed by atoms with E-state index in [4.69, 9.17) is 11.6 Å². The zero-order valence-corrected chi connectivity index (χ0v) is 32.4. The van der Waals surface area contributed by atoms with Gasteiger partial charge in [-0.25, -0.2) is 4.68 Å². The minimum absolute atomic E-state index is 0.0837. The quantitative estimate of drug-likeness (QED) is 0.129. The molecule has 53 heavy (non-hydrogen) atoms. The molecule has 0 saturated carbocycles. The average Bonchev–Trinajstić information content (AvgIpc) is 3.69. The van der Waals surface area contributed by atoms with E-state index in [2.05, 4.69) is 54.8 Å². The van der Waals surface area contributed by atoms with E-state index in [1.165, 1.54) is 21.0 Å². The summed E-state index contributed by atoms with van der Waals surface area (Å²) in [6, 6.07) is 24.6. The number of ketones is 1. The van der Waals surface area contributed by atoms with Gasteiger partial charge < -0.3 is 20.3 Å². The summed E-state index contributed by atoms with van der Waals surface area (Å²) in [5.41, 5.74) is 4.99. The van der Waals surface area contributed by atoms with Crippen molar-refractivity contribution in [2.75, 3.05) is 17.7 Å². The van der Waals surface area contributed by atoms with Crippen molar-refractivity contribution in [1.29, 1.82) is 0 Å². The van der Waals surface area contributed by atoms with Crippen LogP contribution in [0.2, 0.25) is 5.02 Å². The van der Waals surface area contributed by atoms with Gasteiger partial charge in [-0.05, 0) is 73.9 Å². The van der Waals surface area contributed by atoms with Crippen molar-refractivity contribution in [3.8, 4) is 0 Å². The summed E-state index contributed by atoms with van der Waals surface area (Å²) in [4.78, 5) is 45.0. The Morgan fingerprint density at radius 3 is 2.32 bits per heavy atom. The number of nitrogens with one attached hydrogen (secondary N) is 2. The molecule has 0 fully saturated rings. The van der Waals surface area contributed by atoms with E-state index < -0.39 is 23.5 Å². The molecule has 2 atom stereocenters. The average molecular weight is 754 g/mol. The Bertz CT molecular complexity index is 2360. The van der Waals surface area contributed by atoms with Crippen LogP contribution in [0.3, 0.4) is 0 Å². The number of para-hydroxylation sites is 2. The molecule has 6 aromatic rings. The monoisotopic (exact) mass is 753 g/mol. The summed E-state index contributed by atoms with van der Waals surface area (Å²) in [5, 5.41) is 24.6. The highest BCUT2D eigenvalue weighted by Crippen LogP contribution is 2.31. The SMILES string of the molecule is CN=c1sc2ccccc2n1C.Cc1ccc(C(O)CCC(=O)Nc2ccc(Cl)c(NC(=O)C(C(=O)C(C)(C)C)n3nnc4ccccc43)c2)c(C)c1. The van der Waals surface area contributed by atoms with Crippen LogP contribution in [-0.4, -0.2) is 49.3 Å². The number of thiazole rings is 1. The molecule has 0 aliphatic heterocycles. The van der Waals surface area contributed by atoms with Gasteiger partial charge in [0.15, 0.2) is 16.6 Å². The van der Waals surface area contributed by atoms with Crippen molar-refractivity contribution in [1.82, 2.24) is 19.6 Å². The predicted molar refractivity (Wildman–Crippen MR) is 212 cm³/mol. The molecule has 11 nitrogen and oxygen atoms in total. The minimum Gasteiger partial charge on any atom is -0.388 e. The molecule has 0 saturated heterocycles. The number of Topliss-reactive ketones (excluding diaryl/α,β-unsaturated/α-hetero) is 1. The van der Waals surface area contributed by atoms with E-state index in [0.29, 0.717) is 16.7 Å². The van der Waals surface area contributed by atoms with Gasteiger partial charge in [0.2, 0.25) is 5.91 Å². The highest BCUT2D eigenvalue weighted by Gasteiger charge is 2.38. The molecule has 3 N–H and O–H groups in total. The Hall–Kier alpha value is -5.17. The maximum Gasteiger partial charge on any atom is 0.257 e. The molecule has 13 heteroatoms. The van der Waals surface area contributed by atoms with Crippen molar-refractivity contribution < 1.29 is 19.5 Å². The fraction of sp³-hybridized carbons (Fsp3) is 0.300. The van der Waals surface area contributed by atoms with Gasteiger partial charge in [0, 0.05) is 31.6 Å². The van der Waals surface area contributed by atoms with Crippen molar-refractivity contribution in [2.24, 2.45) is 17.5 Å². The molecule has 4 aromatic carbocycles. The van der Waals surface area contributed by atoms with Crippen LogP contribution < -0.4 is 15.4 Å². The zero-order chi connectivity index (χ0) is 38.4. The fourth-order valence-electron chi connectivity index (χ4n) is 5.86. The molecule has 2 amide bonds. The number of hydrogen-bond acceptors (Lipinski definition) is 8. The first-order valence-electron chi connectivity index (χ1n) is 17.1. The molecule has 0 bridgehead atoms. The molecule has 2 aromatic heterocycles. The first-order valence-corrected chi connectivity index (χ1v) is 18.3. The number of aliphatic hydroxyl groups is 1. The summed E-state index contributed by atoms with van der Waals surface area (Å²) in [7, 11) is 3.87. The normalized spacial score (nSPS) is 13.0. The van der Waals surface area contributed by atoms with Crippen LogP contribution in [0.4, 0.5) is 11.4 Å². The Morgan fingerprint density at radius 2 is 1.64 bits per heavy atom. The third-order valence-electron chi connectivity index (χ3n) is 8.70. The Balaban J connectivity index is 0.000000378. The van der Waals surface area contributed by atoms with Gasteiger partial charge in [-0.1, -0.05) is 97.0 Å². The first kappa shape index (κ1) is 39.0. The highest BCUT2D eigenvalue weighted by atomic mass is 35.5. The van der Waals surface area contributed by atoms with Crippen molar-refractivity contribution in [3.05, 3.63) is 111 Å². The fourth-order valence-corrected chi connectivity index (χ4v) is 7.01. The summed E-state index contributed by atoms with van der Waals surface area (Å²) < 4.78 is 4.72. The van der Waals surface area contributed by atoms with Gasteiger partial charge in [-0.15, -0.1) is 5.10 Å². The molecule has 2 unspecified atom stereocenters. The summed E-state index contributed by atoms with van der Waals surface area (Å²) in [6.45, 7) is 9.11. The second kappa shape index (κ2) is 16.7. The van der Waals surface area contributed by atoms with Crippen LogP contribution in [0.15, 0.2) is 89.9 Å². The van der Waals surface area contributed by atoms with E-state index in [-0.39, 0.29) is 35.2 Å². The lowest BCUT2D eigenvalue weighted by molar-refractivity contribution is -0.135. The zero-order valence-electron chi connectivity index (χ0n) is 30.8. The molecule has 276 valence electrons. The van der Waals surface area contributed by atoms with Crippen LogP contribution in [0, 0.1) is 19.3 Å².